The lowest BCUT2D eigenvalue weighted by Crippen LogP contribution is -2.49. The number of amides is 2. The maximum atomic E-state index is 12.4. The number of carbonyl (C=O) groups is 3. The van der Waals surface area contributed by atoms with E-state index in [0.717, 1.165) is 25.9 Å². The Labute approximate surface area is 186 Å². The molecule has 182 valence electrons. The minimum atomic E-state index is -5.08. The molecule has 2 aliphatic rings. The van der Waals surface area contributed by atoms with Gasteiger partial charge in [0.15, 0.2) is 0 Å². The molecule has 2 amide bonds. The van der Waals surface area contributed by atoms with Crippen molar-refractivity contribution >= 4 is 23.7 Å². The van der Waals surface area contributed by atoms with Gasteiger partial charge in [-0.2, -0.15) is 13.2 Å². The molecule has 0 bridgehead atoms. The lowest BCUT2D eigenvalue weighted by Gasteiger charge is -2.24. The number of nitro benzene ring substituents is 1. The van der Waals surface area contributed by atoms with Crippen molar-refractivity contribution < 1.29 is 42.3 Å². The summed E-state index contributed by atoms with van der Waals surface area (Å²) < 4.78 is 37.0. The van der Waals surface area contributed by atoms with Crippen molar-refractivity contribution in [1.82, 2.24) is 15.5 Å². The first-order valence-electron chi connectivity index (χ1n) is 9.97. The molecule has 1 aromatic rings. The number of nitrogens with zero attached hydrogens (tertiary/aromatic N) is 2. The number of carboxylic acid groups (broad SMARTS) is 1. The van der Waals surface area contributed by atoms with Gasteiger partial charge in [-0.3, -0.25) is 19.8 Å². The zero-order valence-corrected chi connectivity index (χ0v) is 17.3. The van der Waals surface area contributed by atoms with E-state index in [1.54, 1.807) is 12.1 Å². The highest BCUT2D eigenvalue weighted by Crippen LogP contribution is 2.20. The number of rotatable bonds is 5. The van der Waals surface area contributed by atoms with Crippen molar-refractivity contribution in [2.75, 3.05) is 19.6 Å². The highest BCUT2D eigenvalue weighted by molar-refractivity contribution is 5.86. The Morgan fingerprint density at radius 1 is 1.24 bits per heavy atom. The van der Waals surface area contributed by atoms with Crippen molar-refractivity contribution in [3.63, 3.8) is 0 Å². The highest BCUT2D eigenvalue weighted by Gasteiger charge is 2.38. The molecule has 2 atom stereocenters. The second-order valence-corrected chi connectivity index (χ2v) is 7.33. The van der Waals surface area contributed by atoms with Crippen LogP contribution in [0.25, 0.3) is 0 Å². The van der Waals surface area contributed by atoms with E-state index < -0.39 is 29.2 Å². The molecule has 2 fully saturated rings. The number of carboxylic acids is 1. The smallest absolute Gasteiger partial charge is 0.475 e. The molecular formula is C19H23F3N4O7. The second kappa shape index (κ2) is 11.4. The minimum Gasteiger partial charge on any atom is -0.475 e. The number of ether oxygens (including phenoxy) is 1. The van der Waals surface area contributed by atoms with Crippen LogP contribution < -0.4 is 10.6 Å². The third-order valence-corrected chi connectivity index (χ3v) is 4.95. The normalized spacial score (nSPS) is 19.9. The third-order valence-electron chi connectivity index (χ3n) is 4.95. The molecule has 2 aliphatic heterocycles. The molecule has 0 spiro atoms. The van der Waals surface area contributed by atoms with Crippen LogP contribution in [0.3, 0.4) is 0 Å². The van der Waals surface area contributed by atoms with Crippen molar-refractivity contribution in [1.29, 1.82) is 0 Å². The number of aliphatic carboxylic acids is 1. The number of nitro groups is 1. The average Bonchev–Trinajstić information content (AvgIpc) is 3.44. The first-order chi connectivity index (χ1) is 15.5. The SMILES string of the molecule is O=C(N[C@H]1CCNC1)[C@@H]1CCCN1C(=O)OCc1ccc([N+](=O)[O-])cc1.O=C(O)C(F)(F)F. The number of non-ortho nitro benzene ring substituents is 1. The summed E-state index contributed by atoms with van der Waals surface area (Å²) >= 11 is 0. The van der Waals surface area contributed by atoms with Crippen LogP contribution in [0.4, 0.5) is 23.7 Å². The van der Waals surface area contributed by atoms with Gasteiger partial charge in [0.25, 0.3) is 5.69 Å². The zero-order chi connectivity index (χ0) is 24.6. The lowest BCUT2D eigenvalue weighted by atomic mass is 10.2. The Bertz CT molecular complexity index is 858. The van der Waals surface area contributed by atoms with Crippen molar-refractivity contribution in [3.05, 3.63) is 39.9 Å². The predicted octanol–water partition coefficient (Wildman–Crippen LogP) is 1.81. The van der Waals surface area contributed by atoms with E-state index in [-0.39, 0.29) is 24.2 Å². The van der Waals surface area contributed by atoms with Crippen molar-refractivity contribution in [2.24, 2.45) is 0 Å². The van der Waals surface area contributed by atoms with Gasteiger partial charge in [-0.15, -0.1) is 0 Å². The average molecular weight is 476 g/mol. The van der Waals surface area contributed by atoms with Gasteiger partial charge < -0.3 is 20.5 Å². The second-order valence-electron chi connectivity index (χ2n) is 7.33. The molecule has 14 heteroatoms. The molecule has 3 rings (SSSR count). The molecule has 33 heavy (non-hydrogen) atoms. The molecule has 0 unspecified atom stereocenters. The quantitative estimate of drug-likeness (QED) is 0.430. The van der Waals surface area contributed by atoms with Gasteiger partial charge in [-0.05, 0) is 43.5 Å². The third kappa shape index (κ3) is 7.89. The molecule has 0 saturated carbocycles. The summed E-state index contributed by atoms with van der Waals surface area (Å²) in [6.07, 6.45) is -3.35. The molecule has 2 saturated heterocycles. The lowest BCUT2D eigenvalue weighted by molar-refractivity contribution is -0.384. The molecule has 3 N–H and O–H groups in total. The van der Waals surface area contributed by atoms with Gasteiger partial charge >= 0.3 is 18.2 Å². The Morgan fingerprint density at radius 2 is 1.88 bits per heavy atom. The number of alkyl halides is 3. The van der Waals surface area contributed by atoms with E-state index in [4.69, 9.17) is 14.6 Å². The Kier molecular flexibility index (Phi) is 8.96. The Hall–Kier alpha value is -3.42. The monoisotopic (exact) mass is 476 g/mol. The van der Waals surface area contributed by atoms with E-state index in [2.05, 4.69) is 10.6 Å². The van der Waals surface area contributed by atoms with Crippen LogP contribution in [-0.4, -0.2) is 70.8 Å². The number of benzene rings is 1. The summed E-state index contributed by atoms with van der Waals surface area (Å²) in [6, 6.07) is 5.44. The van der Waals surface area contributed by atoms with E-state index >= 15 is 0 Å². The fourth-order valence-electron chi connectivity index (χ4n) is 3.27. The summed E-state index contributed by atoms with van der Waals surface area (Å²) in [5.74, 6) is -2.89. The summed E-state index contributed by atoms with van der Waals surface area (Å²) in [6.45, 7) is 2.13. The van der Waals surface area contributed by atoms with Gasteiger partial charge in [0.2, 0.25) is 5.91 Å². The molecular weight excluding hydrogens is 453 g/mol. The van der Waals surface area contributed by atoms with Crippen LogP contribution in [0.1, 0.15) is 24.8 Å². The molecule has 11 nitrogen and oxygen atoms in total. The van der Waals surface area contributed by atoms with Gasteiger partial charge in [0.05, 0.1) is 4.92 Å². The number of likely N-dealkylation sites (tertiary alicyclic amines) is 1. The highest BCUT2D eigenvalue weighted by atomic mass is 19.4. The fraction of sp³-hybridized carbons (Fsp3) is 0.526. The number of hydrogen-bond donors (Lipinski definition) is 3. The summed E-state index contributed by atoms with van der Waals surface area (Å²) in [5.41, 5.74) is 0.638. The van der Waals surface area contributed by atoms with Gasteiger partial charge in [0, 0.05) is 31.3 Å². The van der Waals surface area contributed by atoms with Gasteiger partial charge in [-0.1, -0.05) is 0 Å². The van der Waals surface area contributed by atoms with Crippen molar-refractivity contribution in [3.8, 4) is 0 Å². The standard InChI is InChI=1S/C17H22N4O5.C2HF3O2/c22-16(19-13-7-8-18-10-13)15-2-1-9-20(15)17(23)26-11-12-3-5-14(6-4-12)21(24)25;3-2(4,5)1(6)7/h3-6,13,15,18H,1-2,7-11H2,(H,19,22);(H,6,7)/t13-,15-;/m0./s1. The van der Waals surface area contributed by atoms with Crippen LogP contribution >= 0.6 is 0 Å². The van der Waals surface area contributed by atoms with E-state index in [9.17, 15) is 32.9 Å². The topological polar surface area (TPSA) is 151 Å². The summed E-state index contributed by atoms with van der Waals surface area (Å²) in [5, 5.41) is 23.9. The maximum absolute atomic E-state index is 12.4. The first-order valence-corrected chi connectivity index (χ1v) is 9.97. The Balaban J connectivity index is 0.000000479. The molecule has 1 aromatic carbocycles. The van der Waals surface area contributed by atoms with Crippen LogP contribution in [0.2, 0.25) is 0 Å². The van der Waals surface area contributed by atoms with Gasteiger partial charge in [0.1, 0.15) is 12.6 Å². The van der Waals surface area contributed by atoms with E-state index in [1.807, 2.05) is 0 Å². The number of nitrogens with one attached hydrogen (secondary N) is 2. The van der Waals surface area contributed by atoms with Crippen LogP contribution in [-0.2, 0) is 20.9 Å². The van der Waals surface area contributed by atoms with Crippen LogP contribution in [0.5, 0.6) is 0 Å². The number of carbonyl (C=O) groups excluding carboxylic acids is 2. The predicted molar refractivity (Wildman–Crippen MR) is 106 cm³/mol. The molecule has 0 aliphatic carbocycles. The maximum Gasteiger partial charge on any atom is 0.490 e. The zero-order valence-electron chi connectivity index (χ0n) is 17.3. The largest absolute Gasteiger partial charge is 0.490 e. The first kappa shape index (κ1) is 25.8. The minimum absolute atomic E-state index is 0.00815. The summed E-state index contributed by atoms with van der Waals surface area (Å²) in [4.78, 5) is 45.3. The number of halogens is 3. The molecule has 0 radical (unpaired) electrons. The van der Waals surface area contributed by atoms with Gasteiger partial charge in [-0.25, -0.2) is 9.59 Å². The van der Waals surface area contributed by atoms with E-state index in [1.165, 1.54) is 17.0 Å². The van der Waals surface area contributed by atoms with Crippen LogP contribution in [0.15, 0.2) is 24.3 Å². The summed E-state index contributed by atoms with van der Waals surface area (Å²) in [7, 11) is 0. The fourth-order valence-corrected chi connectivity index (χ4v) is 3.27. The number of hydrogen-bond acceptors (Lipinski definition) is 7. The van der Waals surface area contributed by atoms with Crippen LogP contribution in [0, 0.1) is 10.1 Å². The molecule has 2 heterocycles. The Morgan fingerprint density at radius 3 is 2.39 bits per heavy atom. The van der Waals surface area contributed by atoms with E-state index in [0.29, 0.717) is 18.5 Å². The van der Waals surface area contributed by atoms with Crippen molar-refractivity contribution in [2.45, 2.75) is 44.1 Å². The molecule has 0 aromatic heterocycles.